The predicted octanol–water partition coefficient (Wildman–Crippen LogP) is 3.00. The molecule has 0 spiro atoms. The van der Waals surface area contributed by atoms with Crippen LogP contribution in [0, 0.1) is 6.92 Å². The van der Waals surface area contributed by atoms with Crippen LogP contribution in [-0.4, -0.2) is 17.7 Å². The maximum atomic E-state index is 4.32. The Kier molecular flexibility index (Phi) is 4.90. The first-order chi connectivity index (χ1) is 6.83. The van der Waals surface area contributed by atoms with Gasteiger partial charge in [-0.3, -0.25) is 9.98 Å². The summed E-state index contributed by atoms with van der Waals surface area (Å²) in [5.74, 6) is 0. The van der Waals surface area contributed by atoms with Crippen LogP contribution in [0.25, 0.3) is 0 Å². The van der Waals surface area contributed by atoms with Crippen molar-refractivity contribution in [2.75, 3.05) is 6.54 Å². The second-order valence-electron chi connectivity index (χ2n) is 3.50. The Bertz CT molecular complexity index is 275. The number of nitrogens with zero attached hydrogens (tertiary/aromatic N) is 2. The highest BCUT2D eigenvalue weighted by Crippen LogP contribution is 1.97. The quantitative estimate of drug-likeness (QED) is 0.517. The van der Waals surface area contributed by atoms with Crippen LogP contribution in [0.3, 0.4) is 0 Å². The largest absolute Gasteiger partial charge is 0.291 e. The van der Waals surface area contributed by atoms with Gasteiger partial charge < -0.3 is 0 Å². The molecule has 0 amide bonds. The lowest BCUT2D eigenvalue weighted by Gasteiger charge is -1.94. The lowest BCUT2D eigenvalue weighted by molar-refractivity contribution is 0.729. The first kappa shape index (κ1) is 10.9. The Morgan fingerprint density at radius 1 is 1.36 bits per heavy atom. The molecular formula is C12H18N2. The molecule has 1 rings (SSSR count). The van der Waals surface area contributed by atoms with Gasteiger partial charge in [0.25, 0.3) is 0 Å². The van der Waals surface area contributed by atoms with Gasteiger partial charge in [-0.05, 0) is 25.0 Å². The van der Waals surface area contributed by atoms with Crippen molar-refractivity contribution in [3.63, 3.8) is 0 Å². The molecule has 0 aliphatic rings. The maximum absolute atomic E-state index is 4.32. The third-order valence-corrected chi connectivity index (χ3v) is 2.05. The second-order valence-corrected chi connectivity index (χ2v) is 3.50. The Morgan fingerprint density at radius 2 is 2.21 bits per heavy atom. The van der Waals surface area contributed by atoms with E-state index in [1.165, 1.54) is 24.8 Å². The smallest absolute Gasteiger partial charge is 0.0808 e. The first-order valence-electron chi connectivity index (χ1n) is 5.25. The van der Waals surface area contributed by atoms with E-state index in [1.54, 1.807) is 0 Å². The zero-order chi connectivity index (χ0) is 10.2. The first-order valence-corrected chi connectivity index (χ1v) is 5.25. The third-order valence-electron chi connectivity index (χ3n) is 2.05. The summed E-state index contributed by atoms with van der Waals surface area (Å²) >= 11 is 0. The Hall–Kier alpha value is -1.18. The Morgan fingerprint density at radius 3 is 2.86 bits per heavy atom. The van der Waals surface area contributed by atoms with Gasteiger partial charge in [0, 0.05) is 19.0 Å². The molecule has 14 heavy (non-hydrogen) atoms. The summed E-state index contributed by atoms with van der Waals surface area (Å²) in [5.41, 5.74) is 2.14. The van der Waals surface area contributed by atoms with Crippen molar-refractivity contribution in [2.24, 2.45) is 4.99 Å². The number of unbranched alkanes of at least 4 members (excludes halogenated alkanes) is 2. The van der Waals surface area contributed by atoms with Crippen LogP contribution in [-0.2, 0) is 0 Å². The number of aryl methyl sites for hydroxylation is 1. The van der Waals surface area contributed by atoms with Crippen LogP contribution in [0.5, 0.6) is 0 Å². The molecule has 2 nitrogen and oxygen atoms in total. The van der Waals surface area contributed by atoms with Crippen molar-refractivity contribution in [1.82, 2.24) is 4.98 Å². The molecule has 0 aromatic carbocycles. The monoisotopic (exact) mass is 190 g/mol. The fraction of sp³-hybridized carbons (Fsp3) is 0.500. The van der Waals surface area contributed by atoms with E-state index >= 15 is 0 Å². The summed E-state index contributed by atoms with van der Waals surface area (Å²) in [6, 6.07) is 4.05. The van der Waals surface area contributed by atoms with Gasteiger partial charge in [0.15, 0.2) is 0 Å². The number of pyridine rings is 1. The minimum atomic E-state index is 0.920. The van der Waals surface area contributed by atoms with Crippen LogP contribution in [0.4, 0.5) is 0 Å². The van der Waals surface area contributed by atoms with E-state index in [0.29, 0.717) is 0 Å². The highest BCUT2D eigenvalue weighted by atomic mass is 14.7. The van der Waals surface area contributed by atoms with Gasteiger partial charge in [0.2, 0.25) is 0 Å². The summed E-state index contributed by atoms with van der Waals surface area (Å²) in [7, 11) is 0. The van der Waals surface area contributed by atoms with Crippen molar-refractivity contribution in [3.8, 4) is 0 Å². The topological polar surface area (TPSA) is 25.2 Å². The van der Waals surface area contributed by atoms with Gasteiger partial charge in [-0.25, -0.2) is 0 Å². The van der Waals surface area contributed by atoms with Gasteiger partial charge in [-0.15, -0.1) is 0 Å². The van der Waals surface area contributed by atoms with E-state index in [-0.39, 0.29) is 0 Å². The molecule has 1 heterocycles. The molecule has 0 N–H and O–H groups in total. The average molecular weight is 190 g/mol. The van der Waals surface area contributed by atoms with E-state index in [4.69, 9.17) is 0 Å². The van der Waals surface area contributed by atoms with Gasteiger partial charge in [0.05, 0.1) is 5.69 Å². The molecule has 0 unspecified atom stereocenters. The molecule has 1 aromatic heterocycles. The molecule has 2 heteroatoms. The average Bonchev–Trinajstić information content (AvgIpc) is 2.21. The lowest BCUT2D eigenvalue weighted by Crippen LogP contribution is -1.89. The summed E-state index contributed by atoms with van der Waals surface area (Å²) < 4.78 is 0. The van der Waals surface area contributed by atoms with Gasteiger partial charge in [0.1, 0.15) is 0 Å². The Balaban J connectivity index is 2.33. The standard InChI is InChI=1S/C12H18N2/c1-3-4-5-8-13-10-12-7-6-11(2)9-14-12/h6-7,9-10H,3-5,8H2,1-2H3. The van der Waals surface area contributed by atoms with E-state index < -0.39 is 0 Å². The summed E-state index contributed by atoms with van der Waals surface area (Å²) in [4.78, 5) is 8.57. The molecule has 76 valence electrons. The molecule has 0 fully saturated rings. The molecule has 0 radical (unpaired) electrons. The van der Waals surface area contributed by atoms with Crippen molar-refractivity contribution in [1.29, 1.82) is 0 Å². The molecule has 0 aliphatic carbocycles. The van der Waals surface area contributed by atoms with Crippen LogP contribution >= 0.6 is 0 Å². The van der Waals surface area contributed by atoms with E-state index in [9.17, 15) is 0 Å². The van der Waals surface area contributed by atoms with E-state index in [2.05, 4.69) is 23.0 Å². The van der Waals surface area contributed by atoms with Crippen molar-refractivity contribution < 1.29 is 0 Å². The van der Waals surface area contributed by atoms with Crippen LogP contribution in [0.1, 0.15) is 37.4 Å². The zero-order valence-electron chi connectivity index (χ0n) is 9.03. The molecule has 0 saturated carbocycles. The number of aromatic nitrogens is 1. The second kappa shape index (κ2) is 6.30. The molecule has 0 saturated heterocycles. The molecule has 0 atom stereocenters. The third kappa shape index (κ3) is 4.17. The SMILES string of the molecule is CCCCCN=Cc1ccc(C)cn1. The van der Waals surface area contributed by atoms with Gasteiger partial charge in [-0.2, -0.15) is 0 Å². The fourth-order valence-electron chi connectivity index (χ4n) is 1.17. The summed E-state index contributed by atoms with van der Waals surface area (Å²) in [5, 5.41) is 0. The minimum absolute atomic E-state index is 0.920. The normalized spacial score (nSPS) is 11.0. The number of hydrogen-bond donors (Lipinski definition) is 0. The van der Waals surface area contributed by atoms with E-state index in [0.717, 1.165) is 12.2 Å². The van der Waals surface area contributed by atoms with Crippen molar-refractivity contribution in [2.45, 2.75) is 33.1 Å². The fourth-order valence-corrected chi connectivity index (χ4v) is 1.17. The van der Waals surface area contributed by atoms with Crippen molar-refractivity contribution >= 4 is 6.21 Å². The number of hydrogen-bond acceptors (Lipinski definition) is 2. The predicted molar refractivity (Wildman–Crippen MR) is 61.0 cm³/mol. The molecule has 1 aromatic rings. The molecular weight excluding hydrogens is 172 g/mol. The minimum Gasteiger partial charge on any atom is -0.291 e. The highest BCUT2D eigenvalue weighted by molar-refractivity contribution is 5.76. The number of aliphatic imine (C=N–C) groups is 1. The summed E-state index contributed by atoms with van der Waals surface area (Å²) in [6.07, 6.45) is 7.42. The van der Waals surface area contributed by atoms with Crippen LogP contribution < -0.4 is 0 Å². The van der Waals surface area contributed by atoms with Crippen LogP contribution in [0.2, 0.25) is 0 Å². The maximum Gasteiger partial charge on any atom is 0.0808 e. The van der Waals surface area contributed by atoms with E-state index in [1.807, 2.05) is 25.4 Å². The van der Waals surface area contributed by atoms with Crippen molar-refractivity contribution in [3.05, 3.63) is 29.6 Å². The number of rotatable bonds is 5. The molecule has 0 aliphatic heterocycles. The Labute approximate surface area is 86.1 Å². The van der Waals surface area contributed by atoms with Gasteiger partial charge in [-0.1, -0.05) is 25.8 Å². The highest BCUT2D eigenvalue weighted by Gasteiger charge is 1.88. The molecule has 0 bridgehead atoms. The van der Waals surface area contributed by atoms with Gasteiger partial charge >= 0.3 is 0 Å². The zero-order valence-corrected chi connectivity index (χ0v) is 9.03. The lowest BCUT2D eigenvalue weighted by atomic mass is 10.2. The van der Waals surface area contributed by atoms with Crippen LogP contribution in [0.15, 0.2) is 23.3 Å². The summed E-state index contributed by atoms with van der Waals surface area (Å²) in [6.45, 7) is 5.16.